The number of carbonyl (C=O) groups is 2. The van der Waals surface area contributed by atoms with Gasteiger partial charge in [0.15, 0.2) is 0 Å². The summed E-state index contributed by atoms with van der Waals surface area (Å²) in [6, 6.07) is 12.6. The van der Waals surface area contributed by atoms with Gasteiger partial charge in [0.2, 0.25) is 5.91 Å². The SMILES string of the molecule is CCC(=O)Nc1ccc(O)c(C(=O)N2CCC(Cc3cccc(OC)c3)C2)c1. The number of phenols is 1. The third-order valence-corrected chi connectivity index (χ3v) is 5.06. The van der Waals surface area contributed by atoms with Crippen LogP contribution in [0.4, 0.5) is 5.69 Å². The predicted molar refractivity (Wildman–Crippen MR) is 108 cm³/mol. The molecule has 6 heteroatoms. The molecule has 1 aliphatic heterocycles. The molecule has 28 heavy (non-hydrogen) atoms. The van der Waals surface area contributed by atoms with Crippen LogP contribution in [0.15, 0.2) is 42.5 Å². The predicted octanol–water partition coefficient (Wildman–Crippen LogP) is 3.45. The molecular formula is C22H26N2O4. The maximum atomic E-state index is 12.9. The molecule has 2 N–H and O–H groups in total. The zero-order chi connectivity index (χ0) is 20.1. The summed E-state index contributed by atoms with van der Waals surface area (Å²) in [5.74, 6) is 0.776. The zero-order valence-corrected chi connectivity index (χ0v) is 16.3. The van der Waals surface area contributed by atoms with Crippen LogP contribution < -0.4 is 10.1 Å². The van der Waals surface area contributed by atoms with E-state index in [0.717, 1.165) is 18.6 Å². The average molecular weight is 382 g/mol. The average Bonchev–Trinajstić information content (AvgIpc) is 3.17. The fraction of sp³-hybridized carbons (Fsp3) is 0.364. The van der Waals surface area contributed by atoms with E-state index in [1.165, 1.54) is 11.6 Å². The van der Waals surface area contributed by atoms with E-state index in [1.54, 1.807) is 31.1 Å². The zero-order valence-electron chi connectivity index (χ0n) is 16.3. The van der Waals surface area contributed by atoms with Gasteiger partial charge < -0.3 is 20.1 Å². The Hall–Kier alpha value is -3.02. The number of rotatable bonds is 6. The number of amides is 2. The molecular weight excluding hydrogens is 356 g/mol. The van der Waals surface area contributed by atoms with Crippen molar-refractivity contribution >= 4 is 17.5 Å². The first kappa shape index (κ1) is 19.7. The van der Waals surface area contributed by atoms with Crippen molar-refractivity contribution < 1.29 is 19.4 Å². The molecule has 148 valence electrons. The van der Waals surface area contributed by atoms with E-state index in [2.05, 4.69) is 11.4 Å². The van der Waals surface area contributed by atoms with Gasteiger partial charge in [0.25, 0.3) is 5.91 Å². The van der Waals surface area contributed by atoms with E-state index in [1.807, 2.05) is 18.2 Å². The van der Waals surface area contributed by atoms with Crippen LogP contribution >= 0.6 is 0 Å². The van der Waals surface area contributed by atoms with Crippen LogP contribution in [0.1, 0.15) is 35.7 Å². The molecule has 1 atom stereocenters. The Morgan fingerprint density at radius 2 is 2.07 bits per heavy atom. The maximum absolute atomic E-state index is 12.9. The number of aromatic hydroxyl groups is 1. The summed E-state index contributed by atoms with van der Waals surface area (Å²) in [5.41, 5.74) is 1.92. The highest BCUT2D eigenvalue weighted by Crippen LogP contribution is 2.28. The minimum atomic E-state index is -0.210. The van der Waals surface area contributed by atoms with Crippen molar-refractivity contribution in [2.24, 2.45) is 5.92 Å². The summed E-state index contributed by atoms with van der Waals surface area (Å²) in [6.45, 7) is 3.05. The second-order valence-corrected chi connectivity index (χ2v) is 7.10. The van der Waals surface area contributed by atoms with Crippen molar-refractivity contribution in [1.29, 1.82) is 0 Å². The van der Waals surface area contributed by atoms with E-state index in [9.17, 15) is 14.7 Å². The fourth-order valence-corrected chi connectivity index (χ4v) is 3.52. The van der Waals surface area contributed by atoms with E-state index in [4.69, 9.17) is 4.74 Å². The largest absolute Gasteiger partial charge is 0.507 e. The number of ether oxygens (including phenoxy) is 1. The molecule has 0 aliphatic carbocycles. The standard InChI is InChI=1S/C22H26N2O4/c1-3-21(26)23-17-7-8-20(25)19(13-17)22(27)24-10-9-16(14-24)11-15-5-4-6-18(12-15)28-2/h4-8,12-13,16,25H,3,9-11,14H2,1-2H3,(H,23,26). The van der Waals surface area contributed by atoms with E-state index in [-0.39, 0.29) is 23.1 Å². The molecule has 1 aliphatic rings. The summed E-state index contributed by atoms with van der Waals surface area (Å²) in [6.07, 6.45) is 2.14. The topological polar surface area (TPSA) is 78.9 Å². The van der Waals surface area contributed by atoms with E-state index >= 15 is 0 Å². The fourth-order valence-electron chi connectivity index (χ4n) is 3.52. The normalized spacial score (nSPS) is 16.1. The highest BCUT2D eigenvalue weighted by Gasteiger charge is 2.28. The molecule has 0 saturated carbocycles. The minimum Gasteiger partial charge on any atom is -0.507 e. The summed E-state index contributed by atoms with van der Waals surface area (Å²) in [4.78, 5) is 26.3. The smallest absolute Gasteiger partial charge is 0.257 e. The molecule has 3 rings (SSSR count). The number of phenolic OH excluding ortho intramolecular Hbond substituents is 1. The number of nitrogens with one attached hydrogen (secondary N) is 1. The van der Waals surface area contributed by atoms with E-state index in [0.29, 0.717) is 31.1 Å². The van der Waals surface area contributed by atoms with Gasteiger partial charge in [-0.25, -0.2) is 0 Å². The quantitative estimate of drug-likeness (QED) is 0.750. The molecule has 1 heterocycles. The van der Waals surface area contributed by atoms with Crippen LogP contribution in [0, 0.1) is 5.92 Å². The van der Waals surface area contributed by atoms with Gasteiger partial charge in [0.05, 0.1) is 12.7 Å². The van der Waals surface area contributed by atoms with Crippen molar-refractivity contribution in [2.75, 3.05) is 25.5 Å². The lowest BCUT2D eigenvalue weighted by molar-refractivity contribution is -0.115. The van der Waals surface area contributed by atoms with Gasteiger partial charge in [-0.15, -0.1) is 0 Å². The van der Waals surface area contributed by atoms with E-state index < -0.39 is 0 Å². The first-order chi connectivity index (χ1) is 13.5. The second-order valence-electron chi connectivity index (χ2n) is 7.10. The van der Waals surface area contributed by atoms with Crippen molar-refractivity contribution in [3.8, 4) is 11.5 Å². The van der Waals surface area contributed by atoms with Crippen molar-refractivity contribution in [3.63, 3.8) is 0 Å². The summed E-state index contributed by atoms with van der Waals surface area (Å²) < 4.78 is 5.27. The third-order valence-electron chi connectivity index (χ3n) is 5.06. The molecule has 1 unspecified atom stereocenters. The highest BCUT2D eigenvalue weighted by atomic mass is 16.5. The van der Waals surface area contributed by atoms with Gasteiger partial charge >= 0.3 is 0 Å². The Bertz CT molecular complexity index is 865. The number of likely N-dealkylation sites (tertiary alicyclic amines) is 1. The van der Waals surface area contributed by atoms with Crippen LogP contribution in [0.2, 0.25) is 0 Å². The van der Waals surface area contributed by atoms with Crippen molar-refractivity contribution in [1.82, 2.24) is 4.90 Å². The Labute approximate surface area is 165 Å². The van der Waals surface area contributed by atoms with Gasteiger partial charge in [-0.1, -0.05) is 19.1 Å². The van der Waals surface area contributed by atoms with Gasteiger partial charge in [0.1, 0.15) is 11.5 Å². The number of hydrogen-bond acceptors (Lipinski definition) is 4. The maximum Gasteiger partial charge on any atom is 0.257 e. The number of anilines is 1. The Balaban J connectivity index is 1.67. The molecule has 2 aromatic rings. The summed E-state index contributed by atoms with van der Waals surface area (Å²) >= 11 is 0. The second kappa shape index (κ2) is 8.78. The van der Waals surface area contributed by atoms with Crippen LogP contribution in [-0.2, 0) is 11.2 Å². The third kappa shape index (κ3) is 4.63. The number of nitrogens with zero attached hydrogens (tertiary/aromatic N) is 1. The molecule has 1 saturated heterocycles. The van der Waals surface area contributed by atoms with Gasteiger partial charge in [0, 0.05) is 25.2 Å². The van der Waals surface area contributed by atoms with Crippen LogP contribution in [0.5, 0.6) is 11.5 Å². The number of hydrogen-bond donors (Lipinski definition) is 2. The van der Waals surface area contributed by atoms with Crippen LogP contribution in [0.3, 0.4) is 0 Å². The Kier molecular flexibility index (Phi) is 6.19. The lowest BCUT2D eigenvalue weighted by Crippen LogP contribution is -2.29. The first-order valence-electron chi connectivity index (χ1n) is 9.55. The Morgan fingerprint density at radius 1 is 1.25 bits per heavy atom. The summed E-state index contributed by atoms with van der Waals surface area (Å²) in [7, 11) is 1.65. The van der Waals surface area contributed by atoms with Crippen LogP contribution in [0.25, 0.3) is 0 Å². The van der Waals surface area contributed by atoms with Crippen LogP contribution in [-0.4, -0.2) is 42.0 Å². The van der Waals surface area contributed by atoms with Crippen molar-refractivity contribution in [2.45, 2.75) is 26.2 Å². The molecule has 0 bridgehead atoms. The monoisotopic (exact) mass is 382 g/mol. The summed E-state index contributed by atoms with van der Waals surface area (Å²) in [5, 5.41) is 12.9. The number of benzene rings is 2. The molecule has 6 nitrogen and oxygen atoms in total. The minimum absolute atomic E-state index is 0.0734. The molecule has 2 amide bonds. The highest BCUT2D eigenvalue weighted by molar-refractivity contribution is 5.99. The Morgan fingerprint density at radius 3 is 2.82 bits per heavy atom. The lowest BCUT2D eigenvalue weighted by Gasteiger charge is -2.18. The van der Waals surface area contributed by atoms with Gasteiger partial charge in [-0.3, -0.25) is 9.59 Å². The van der Waals surface area contributed by atoms with Crippen molar-refractivity contribution in [3.05, 3.63) is 53.6 Å². The lowest BCUT2D eigenvalue weighted by atomic mass is 9.98. The number of carbonyl (C=O) groups excluding carboxylic acids is 2. The molecule has 0 aromatic heterocycles. The van der Waals surface area contributed by atoms with Gasteiger partial charge in [-0.05, 0) is 54.7 Å². The first-order valence-corrected chi connectivity index (χ1v) is 9.55. The van der Waals surface area contributed by atoms with Gasteiger partial charge in [-0.2, -0.15) is 0 Å². The molecule has 0 spiro atoms. The molecule has 0 radical (unpaired) electrons. The molecule has 2 aromatic carbocycles. The number of methoxy groups -OCH3 is 1. The molecule has 1 fully saturated rings.